The maximum absolute atomic E-state index is 5.48. The molecule has 2 heterocycles. The largest absolute Gasteiger partial charge is 0.352 e. The van der Waals surface area contributed by atoms with Gasteiger partial charge >= 0.3 is 0 Å². The molecule has 0 aromatic carbocycles. The van der Waals surface area contributed by atoms with E-state index in [-0.39, 0.29) is 0 Å². The SMILES string of the molecule is C[C@H]1N(C)C2OC2C1(C)C. The fourth-order valence-corrected chi connectivity index (χ4v) is 1.94. The van der Waals surface area contributed by atoms with Crippen LogP contribution < -0.4 is 0 Å². The molecule has 2 aliphatic rings. The van der Waals surface area contributed by atoms with Gasteiger partial charge in [0.2, 0.25) is 0 Å². The summed E-state index contributed by atoms with van der Waals surface area (Å²) in [5.41, 5.74) is 0.361. The zero-order valence-corrected chi connectivity index (χ0v) is 7.09. The van der Waals surface area contributed by atoms with Crippen LogP contribution in [0.1, 0.15) is 20.8 Å². The van der Waals surface area contributed by atoms with E-state index in [4.69, 9.17) is 4.74 Å². The lowest BCUT2D eigenvalue weighted by atomic mass is 9.85. The average molecular weight is 141 g/mol. The van der Waals surface area contributed by atoms with Crippen LogP contribution in [0.25, 0.3) is 0 Å². The highest BCUT2D eigenvalue weighted by Crippen LogP contribution is 2.50. The standard InChI is InChI=1S/C8H15NO/c1-5-8(2,3)6-7(10-6)9(5)4/h5-7H,1-4H3/t5-,6?,7?/m1/s1. The van der Waals surface area contributed by atoms with Gasteiger partial charge in [-0.05, 0) is 14.0 Å². The monoisotopic (exact) mass is 141 g/mol. The Balaban J connectivity index is 2.24. The number of rotatable bonds is 0. The Bertz CT molecular complexity index is 165. The summed E-state index contributed by atoms with van der Waals surface area (Å²) in [4.78, 5) is 2.32. The predicted octanol–water partition coefficient (Wildman–Crippen LogP) is 1.07. The molecule has 0 amide bonds. The van der Waals surface area contributed by atoms with Crippen molar-refractivity contribution in [3.8, 4) is 0 Å². The maximum atomic E-state index is 5.48. The molecule has 3 atom stereocenters. The van der Waals surface area contributed by atoms with E-state index in [9.17, 15) is 0 Å². The molecule has 2 rings (SSSR count). The zero-order chi connectivity index (χ0) is 7.52. The minimum Gasteiger partial charge on any atom is -0.352 e. The van der Waals surface area contributed by atoms with Crippen LogP contribution in [-0.2, 0) is 4.74 Å². The second kappa shape index (κ2) is 1.56. The van der Waals surface area contributed by atoms with Gasteiger partial charge in [-0.3, -0.25) is 4.90 Å². The summed E-state index contributed by atoms with van der Waals surface area (Å²) in [6.45, 7) is 6.84. The summed E-state index contributed by atoms with van der Waals surface area (Å²) in [6, 6.07) is 0.663. The third-order valence-corrected chi connectivity index (χ3v) is 3.29. The molecule has 2 saturated heterocycles. The molecule has 0 N–H and O–H groups in total. The lowest BCUT2D eigenvalue weighted by molar-refractivity contribution is 0.0644. The molecule has 0 bridgehead atoms. The lowest BCUT2D eigenvalue weighted by Crippen LogP contribution is -2.36. The van der Waals surface area contributed by atoms with Crippen molar-refractivity contribution in [2.75, 3.05) is 7.05 Å². The Hall–Kier alpha value is -0.0800. The summed E-state index contributed by atoms with van der Waals surface area (Å²) in [6.07, 6.45) is 0.942. The van der Waals surface area contributed by atoms with Gasteiger partial charge in [0, 0.05) is 11.5 Å². The molecule has 0 aliphatic carbocycles. The molecule has 2 fully saturated rings. The summed E-state index contributed by atoms with van der Waals surface area (Å²) < 4.78 is 5.48. The third-order valence-electron chi connectivity index (χ3n) is 3.29. The molecule has 10 heavy (non-hydrogen) atoms. The van der Waals surface area contributed by atoms with Crippen molar-refractivity contribution in [1.29, 1.82) is 0 Å². The van der Waals surface area contributed by atoms with E-state index in [0.29, 0.717) is 23.8 Å². The number of likely N-dealkylation sites (N-methyl/N-ethyl adjacent to an activating group) is 1. The van der Waals surface area contributed by atoms with Gasteiger partial charge in [0.15, 0.2) is 0 Å². The summed E-state index contributed by atoms with van der Waals surface area (Å²) in [5, 5.41) is 0. The van der Waals surface area contributed by atoms with Crippen LogP contribution in [0.4, 0.5) is 0 Å². The number of ether oxygens (including phenoxy) is 1. The van der Waals surface area contributed by atoms with E-state index in [1.807, 2.05) is 0 Å². The first kappa shape index (κ1) is 6.62. The second-order valence-corrected chi connectivity index (χ2v) is 4.11. The smallest absolute Gasteiger partial charge is 0.138 e. The van der Waals surface area contributed by atoms with E-state index >= 15 is 0 Å². The number of epoxide rings is 1. The molecule has 2 unspecified atom stereocenters. The first-order chi connectivity index (χ1) is 4.55. The van der Waals surface area contributed by atoms with E-state index in [1.165, 1.54) is 0 Å². The van der Waals surface area contributed by atoms with Gasteiger partial charge in [0.05, 0.1) is 0 Å². The van der Waals surface area contributed by atoms with Crippen LogP contribution in [0.15, 0.2) is 0 Å². The van der Waals surface area contributed by atoms with E-state index in [0.717, 1.165) is 0 Å². The maximum Gasteiger partial charge on any atom is 0.138 e. The van der Waals surface area contributed by atoms with Crippen molar-refractivity contribution in [3.05, 3.63) is 0 Å². The second-order valence-electron chi connectivity index (χ2n) is 4.11. The van der Waals surface area contributed by atoms with E-state index in [1.54, 1.807) is 0 Å². The van der Waals surface area contributed by atoms with Gasteiger partial charge in [-0.25, -0.2) is 0 Å². The summed E-state index contributed by atoms with van der Waals surface area (Å²) >= 11 is 0. The Morgan fingerprint density at radius 3 is 2.20 bits per heavy atom. The van der Waals surface area contributed by atoms with Crippen LogP contribution >= 0.6 is 0 Å². The Morgan fingerprint density at radius 1 is 1.40 bits per heavy atom. The van der Waals surface area contributed by atoms with E-state index < -0.39 is 0 Å². The number of hydrogen-bond acceptors (Lipinski definition) is 2. The molecule has 0 aromatic heterocycles. The van der Waals surface area contributed by atoms with E-state index in [2.05, 4.69) is 32.7 Å². The molecule has 0 spiro atoms. The van der Waals surface area contributed by atoms with Crippen LogP contribution in [0.3, 0.4) is 0 Å². The van der Waals surface area contributed by atoms with Gasteiger partial charge in [-0.1, -0.05) is 13.8 Å². The lowest BCUT2D eigenvalue weighted by Gasteiger charge is -2.30. The Kier molecular flexibility index (Phi) is 1.03. The molecule has 0 aromatic rings. The number of nitrogens with zero attached hydrogens (tertiary/aromatic N) is 1. The van der Waals surface area contributed by atoms with Crippen LogP contribution in [-0.4, -0.2) is 30.3 Å². The number of likely N-dealkylation sites (tertiary alicyclic amines) is 1. The van der Waals surface area contributed by atoms with Crippen LogP contribution in [0, 0.1) is 5.41 Å². The number of fused-ring (bicyclic) bond motifs is 1. The minimum absolute atomic E-state index is 0.361. The van der Waals surface area contributed by atoms with Crippen molar-refractivity contribution in [1.82, 2.24) is 4.90 Å². The Morgan fingerprint density at radius 2 is 2.00 bits per heavy atom. The minimum atomic E-state index is 0.361. The van der Waals surface area contributed by atoms with Gasteiger partial charge in [0.1, 0.15) is 12.3 Å². The average Bonchev–Trinajstić information content (AvgIpc) is 2.58. The highest BCUT2D eigenvalue weighted by Gasteiger charge is 2.62. The first-order valence-electron chi connectivity index (χ1n) is 3.92. The van der Waals surface area contributed by atoms with Crippen molar-refractivity contribution in [2.45, 2.75) is 39.1 Å². The predicted molar refractivity (Wildman–Crippen MR) is 39.7 cm³/mol. The highest BCUT2D eigenvalue weighted by molar-refractivity contribution is 5.08. The van der Waals surface area contributed by atoms with Gasteiger partial charge in [-0.15, -0.1) is 0 Å². The topological polar surface area (TPSA) is 15.8 Å². The quantitative estimate of drug-likeness (QED) is 0.469. The summed E-state index contributed by atoms with van der Waals surface area (Å²) in [5.74, 6) is 0. The molecular weight excluding hydrogens is 126 g/mol. The Labute approximate surface area is 62.2 Å². The van der Waals surface area contributed by atoms with Crippen molar-refractivity contribution in [3.63, 3.8) is 0 Å². The molecule has 0 saturated carbocycles. The van der Waals surface area contributed by atoms with Crippen molar-refractivity contribution < 1.29 is 4.74 Å². The van der Waals surface area contributed by atoms with Crippen LogP contribution in [0.2, 0.25) is 0 Å². The molecular formula is C8H15NO. The van der Waals surface area contributed by atoms with Crippen LogP contribution in [0.5, 0.6) is 0 Å². The normalized spacial score (nSPS) is 51.0. The molecule has 2 nitrogen and oxygen atoms in total. The van der Waals surface area contributed by atoms with Gasteiger partial charge < -0.3 is 4.74 Å². The third kappa shape index (κ3) is 0.565. The summed E-state index contributed by atoms with van der Waals surface area (Å²) in [7, 11) is 2.14. The molecule has 2 aliphatic heterocycles. The van der Waals surface area contributed by atoms with Gasteiger partial charge in [0.25, 0.3) is 0 Å². The molecule has 0 radical (unpaired) electrons. The highest BCUT2D eigenvalue weighted by atomic mass is 16.6. The molecule has 2 heteroatoms. The van der Waals surface area contributed by atoms with Crippen molar-refractivity contribution >= 4 is 0 Å². The van der Waals surface area contributed by atoms with Gasteiger partial charge in [-0.2, -0.15) is 0 Å². The number of hydrogen-bond donors (Lipinski definition) is 0. The first-order valence-corrected chi connectivity index (χ1v) is 3.92. The fourth-order valence-electron chi connectivity index (χ4n) is 1.94. The fraction of sp³-hybridized carbons (Fsp3) is 1.00. The molecule has 58 valence electrons. The zero-order valence-electron chi connectivity index (χ0n) is 7.09. The van der Waals surface area contributed by atoms with Crippen molar-refractivity contribution in [2.24, 2.45) is 5.41 Å².